The van der Waals surface area contributed by atoms with Crippen LogP contribution in [-0.4, -0.2) is 45.7 Å². The van der Waals surface area contributed by atoms with Crippen LogP contribution in [0.5, 0.6) is 0 Å². The van der Waals surface area contributed by atoms with Crippen LogP contribution < -0.4 is 5.32 Å². The Labute approximate surface area is 111 Å². The minimum Gasteiger partial charge on any atom is -0.380 e. The van der Waals surface area contributed by atoms with Crippen LogP contribution in [0.25, 0.3) is 0 Å². The lowest BCUT2D eigenvalue weighted by molar-refractivity contribution is 0.0941. The standard InChI is InChI=1S/C13H27NO3S/c1-4-14-13(10-17-5-2)11-7-6-8-12(9-11)18(3,15)16/h11-14H,4-10H2,1-3H3. The maximum Gasteiger partial charge on any atom is 0.150 e. The van der Waals surface area contributed by atoms with Crippen LogP contribution in [0, 0.1) is 5.92 Å². The van der Waals surface area contributed by atoms with Gasteiger partial charge in [-0.25, -0.2) is 8.42 Å². The molecule has 0 aromatic carbocycles. The van der Waals surface area contributed by atoms with Crippen molar-refractivity contribution in [2.45, 2.75) is 50.8 Å². The van der Waals surface area contributed by atoms with Gasteiger partial charge in [0.25, 0.3) is 0 Å². The number of hydrogen-bond donors (Lipinski definition) is 1. The van der Waals surface area contributed by atoms with Crippen LogP contribution in [0.1, 0.15) is 39.5 Å². The first-order valence-corrected chi connectivity index (χ1v) is 8.94. The van der Waals surface area contributed by atoms with E-state index in [4.69, 9.17) is 4.74 Å². The monoisotopic (exact) mass is 277 g/mol. The number of likely N-dealkylation sites (N-methyl/N-ethyl adjacent to an activating group) is 1. The normalized spacial score (nSPS) is 27.1. The maximum atomic E-state index is 11.7. The molecule has 3 atom stereocenters. The highest BCUT2D eigenvalue weighted by Gasteiger charge is 2.32. The van der Waals surface area contributed by atoms with Gasteiger partial charge >= 0.3 is 0 Å². The van der Waals surface area contributed by atoms with Crippen LogP contribution in [0.2, 0.25) is 0 Å². The van der Waals surface area contributed by atoms with Crippen LogP contribution in [0.3, 0.4) is 0 Å². The fraction of sp³-hybridized carbons (Fsp3) is 1.00. The third kappa shape index (κ3) is 4.86. The molecule has 1 saturated carbocycles. The van der Waals surface area contributed by atoms with Crippen molar-refractivity contribution in [1.82, 2.24) is 5.32 Å². The van der Waals surface area contributed by atoms with Crippen molar-refractivity contribution >= 4 is 9.84 Å². The molecule has 5 heteroatoms. The predicted octanol–water partition coefficient (Wildman–Crippen LogP) is 1.60. The third-order valence-corrected chi connectivity index (χ3v) is 5.45. The van der Waals surface area contributed by atoms with E-state index in [9.17, 15) is 8.42 Å². The molecule has 1 fully saturated rings. The van der Waals surface area contributed by atoms with Crippen molar-refractivity contribution in [3.05, 3.63) is 0 Å². The number of rotatable bonds is 7. The Morgan fingerprint density at radius 1 is 1.33 bits per heavy atom. The van der Waals surface area contributed by atoms with Crippen molar-refractivity contribution in [3.63, 3.8) is 0 Å². The topological polar surface area (TPSA) is 55.4 Å². The van der Waals surface area contributed by atoms with Crippen molar-refractivity contribution in [3.8, 4) is 0 Å². The fourth-order valence-corrected chi connectivity index (χ4v) is 4.00. The van der Waals surface area contributed by atoms with Gasteiger partial charge in [-0.05, 0) is 38.6 Å². The Hall–Kier alpha value is -0.130. The molecule has 0 amide bonds. The van der Waals surface area contributed by atoms with Gasteiger partial charge in [0.05, 0.1) is 11.9 Å². The van der Waals surface area contributed by atoms with E-state index in [0.717, 1.165) is 32.2 Å². The summed E-state index contributed by atoms with van der Waals surface area (Å²) in [5, 5.41) is 3.29. The molecule has 4 nitrogen and oxygen atoms in total. The second kappa shape index (κ2) is 7.46. The zero-order valence-corrected chi connectivity index (χ0v) is 12.6. The third-order valence-electron chi connectivity index (χ3n) is 3.81. The van der Waals surface area contributed by atoms with Crippen LogP contribution >= 0.6 is 0 Å². The maximum absolute atomic E-state index is 11.7. The quantitative estimate of drug-likeness (QED) is 0.768. The average molecular weight is 277 g/mol. The Bertz CT molecular complexity index is 329. The first-order valence-electron chi connectivity index (χ1n) is 6.99. The summed E-state index contributed by atoms with van der Waals surface area (Å²) >= 11 is 0. The second-order valence-corrected chi connectivity index (χ2v) is 7.53. The Morgan fingerprint density at radius 2 is 2.06 bits per heavy atom. The number of sulfone groups is 1. The molecule has 0 bridgehead atoms. The number of nitrogens with one attached hydrogen (secondary N) is 1. The first-order chi connectivity index (χ1) is 8.49. The van der Waals surface area contributed by atoms with E-state index >= 15 is 0 Å². The van der Waals surface area contributed by atoms with E-state index < -0.39 is 9.84 Å². The molecule has 18 heavy (non-hydrogen) atoms. The van der Waals surface area contributed by atoms with E-state index in [1.807, 2.05) is 6.92 Å². The summed E-state index contributed by atoms with van der Waals surface area (Å²) in [5.74, 6) is 0.421. The van der Waals surface area contributed by atoms with Gasteiger partial charge in [-0.2, -0.15) is 0 Å². The molecule has 1 aliphatic carbocycles. The molecule has 1 N–H and O–H groups in total. The van der Waals surface area contributed by atoms with E-state index in [1.54, 1.807) is 0 Å². The molecule has 0 spiro atoms. The minimum absolute atomic E-state index is 0.154. The van der Waals surface area contributed by atoms with Gasteiger partial charge in [-0.3, -0.25) is 0 Å². The van der Waals surface area contributed by atoms with Gasteiger partial charge in [-0.1, -0.05) is 13.3 Å². The summed E-state index contributed by atoms with van der Waals surface area (Å²) in [7, 11) is -2.90. The molecule has 1 rings (SSSR count). The smallest absolute Gasteiger partial charge is 0.150 e. The highest BCUT2D eigenvalue weighted by Crippen LogP contribution is 2.30. The molecular weight excluding hydrogens is 250 g/mol. The van der Waals surface area contributed by atoms with Crippen molar-refractivity contribution in [1.29, 1.82) is 0 Å². The summed E-state index contributed by atoms with van der Waals surface area (Å²) in [6.07, 6.45) is 5.09. The molecule has 0 aromatic rings. The molecule has 108 valence electrons. The molecular formula is C13H27NO3S. The lowest BCUT2D eigenvalue weighted by Crippen LogP contribution is -2.43. The lowest BCUT2D eigenvalue weighted by atomic mass is 9.83. The van der Waals surface area contributed by atoms with Crippen LogP contribution in [0.15, 0.2) is 0 Å². The molecule has 0 aliphatic heterocycles. The molecule has 0 heterocycles. The van der Waals surface area contributed by atoms with Crippen LogP contribution in [0.4, 0.5) is 0 Å². The minimum atomic E-state index is -2.90. The Balaban J connectivity index is 2.61. The fourth-order valence-electron chi connectivity index (χ4n) is 2.80. The van der Waals surface area contributed by atoms with Gasteiger partial charge in [-0.15, -0.1) is 0 Å². The zero-order valence-electron chi connectivity index (χ0n) is 11.8. The van der Waals surface area contributed by atoms with Gasteiger partial charge in [0.2, 0.25) is 0 Å². The number of hydrogen-bond acceptors (Lipinski definition) is 4. The summed E-state index contributed by atoms with van der Waals surface area (Å²) in [6.45, 7) is 6.37. The summed E-state index contributed by atoms with van der Waals surface area (Å²) < 4.78 is 28.9. The average Bonchev–Trinajstić information content (AvgIpc) is 2.33. The lowest BCUT2D eigenvalue weighted by Gasteiger charge is -2.34. The molecule has 0 aromatic heterocycles. The van der Waals surface area contributed by atoms with Crippen molar-refractivity contribution in [2.75, 3.05) is 26.0 Å². The van der Waals surface area contributed by atoms with E-state index in [-0.39, 0.29) is 5.25 Å². The van der Waals surface area contributed by atoms with Crippen LogP contribution in [-0.2, 0) is 14.6 Å². The highest BCUT2D eigenvalue weighted by molar-refractivity contribution is 7.91. The van der Waals surface area contributed by atoms with E-state index in [2.05, 4.69) is 12.2 Å². The zero-order chi connectivity index (χ0) is 13.6. The van der Waals surface area contributed by atoms with Gasteiger partial charge < -0.3 is 10.1 Å². The first kappa shape index (κ1) is 15.9. The molecule has 0 saturated heterocycles. The Kier molecular flexibility index (Phi) is 6.60. The molecule has 0 radical (unpaired) electrons. The van der Waals surface area contributed by atoms with Crippen molar-refractivity contribution < 1.29 is 13.2 Å². The largest absolute Gasteiger partial charge is 0.380 e. The second-order valence-electron chi connectivity index (χ2n) is 5.20. The number of ether oxygens (including phenoxy) is 1. The predicted molar refractivity (Wildman–Crippen MR) is 74.5 cm³/mol. The molecule has 3 unspecified atom stereocenters. The SMILES string of the molecule is CCNC(COCC)C1CCCC(S(C)(=O)=O)C1. The summed E-state index contributed by atoms with van der Waals surface area (Å²) in [5.41, 5.74) is 0. The van der Waals surface area contributed by atoms with Crippen molar-refractivity contribution in [2.24, 2.45) is 5.92 Å². The van der Waals surface area contributed by atoms with Gasteiger partial charge in [0.1, 0.15) is 9.84 Å². The Morgan fingerprint density at radius 3 is 2.61 bits per heavy atom. The van der Waals surface area contributed by atoms with E-state index in [0.29, 0.717) is 25.2 Å². The highest BCUT2D eigenvalue weighted by atomic mass is 32.2. The summed E-state index contributed by atoms with van der Waals surface area (Å²) in [6, 6.07) is 0.291. The molecule has 1 aliphatic rings. The summed E-state index contributed by atoms with van der Waals surface area (Å²) in [4.78, 5) is 0. The van der Waals surface area contributed by atoms with Gasteiger partial charge in [0.15, 0.2) is 0 Å². The van der Waals surface area contributed by atoms with E-state index in [1.165, 1.54) is 6.26 Å². The van der Waals surface area contributed by atoms with Gasteiger partial charge in [0, 0.05) is 18.9 Å².